The smallest absolute Gasteiger partial charge is 0.251 e. The molecule has 0 spiro atoms. The Morgan fingerprint density at radius 1 is 1.14 bits per heavy atom. The van der Waals surface area contributed by atoms with E-state index in [1.165, 1.54) is 26.2 Å². The highest BCUT2D eigenvalue weighted by atomic mass is 32.2. The minimum Gasteiger partial charge on any atom is -0.487 e. The molecule has 1 amide bonds. The number of carbonyl (C=O) groups is 1. The van der Waals surface area contributed by atoms with Crippen molar-refractivity contribution >= 4 is 15.9 Å². The summed E-state index contributed by atoms with van der Waals surface area (Å²) in [6.45, 7) is 4.18. The van der Waals surface area contributed by atoms with E-state index >= 15 is 0 Å². The van der Waals surface area contributed by atoms with Gasteiger partial charge in [0.1, 0.15) is 11.4 Å². The molecule has 156 valence electrons. The fourth-order valence-electron chi connectivity index (χ4n) is 3.68. The Kier molecular flexibility index (Phi) is 6.00. The summed E-state index contributed by atoms with van der Waals surface area (Å²) in [5, 5.41) is 3.10. The summed E-state index contributed by atoms with van der Waals surface area (Å²) in [5.41, 5.74) is 0.925. The molecule has 29 heavy (non-hydrogen) atoms. The molecule has 1 unspecified atom stereocenters. The number of amides is 1. The van der Waals surface area contributed by atoms with E-state index in [-0.39, 0.29) is 22.4 Å². The van der Waals surface area contributed by atoms with E-state index < -0.39 is 10.0 Å². The molecule has 2 aromatic rings. The number of nitrogens with one attached hydrogen (secondary N) is 1. The molecule has 3 rings (SSSR count). The molecule has 0 aliphatic carbocycles. The number of rotatable bonds is 6. The Morgan fingerprint density at radius 2 is 1.83 bits per heavy atom. The van der Waals surface area contributed by atoms with Gasteiger partial charge in [-0.1, -0.05) is 38.1 Å². The van der Waals surface area contributed by atoms with Gasteiger partial charge in [0.2, 0.25) is 10.0 Å². The summed E-state index contributed by atoms with van der Waals surface area (Å²) in [6.07, 6.45) is 2.33. The summed E-state index contributed by atoms with van der Waals surface area (Å²) in [5.74, 6) is 0.486. The van der Waals surface area contributed by atoms with Crippen molar-refractivity contribution in [2.75, 3.05) is 14.1 Å². The lowest BCUT2D eigenvalue weighted by Crippen LogP contribution is -2.44. The molecule has 7 heteroatoms. The standard InChI is InChI=1S/C22H28N2O4S/c1-5-22(6-2)15-19(18-12-7-8-13-20(18)28-22)23-21(25)16-10-9-11-17(14-16)29(26,27)24(3)4/h7-14,19H,5-6,15H2,1-4H3,(H,23,25). The van der Waals surface area contributed by atoms with Crippen LogP contribution in [-0.2, 0) is 10.0 Å². The molecule has 0 radical (unpaired) electrons. The molecular formula is C22H28N2O4S. The van der Waals surface area contributed by atoms with Crippen molar-refractivity contribution < 1.29 is 17.9 Å². The number of nitrogens with zero attached hydrogens (tertiary/aromatic N) is 1. The quantitative estimate of drug-likeness (QED) is 0.778. The first-order chi connectivity index (χ1) is 13.7. The molecule has 0 bridgehead atoms. The lowest BCUT2D eigenvalue weighted by Gasteiger charge is -2.41. The Bertz CT molecular complexity index is 997. The number of hydrogen-bond donors (Lipinski definition) is 1. The van der Waals surface area contributed by atoms with Gasteiger partial charge in [0, 0.05) is 31.6 Å². The molecule has 1 aliphatic rings. The van der Waals surface area contributed by atoms with Gasteiger partial charge < -0.3 is 10.1 Å². The molecule has 1 heterocycles. The number of hydrogen-bond acceptors (Lipinski definition) is 4. The van der Waals surface area contributed by atoms with Crippen molar-refractivity contribution in [3.8, 4) is 5.75 Å². The second-order valence-corrected chi connectivity index (χ2v) is 9.73. The van der Waals surface area contributed by atoms with Crippen molar-refractivity contribution in [3.05, 3.63) is 59.7 Å². The van der Waals surface area contributed by atoms with E-state index in [2.05, 4.69) is 19.2 Å². The fraction of sp³-hybridized carbons (Fsp3) is 0.409. The minimum atomic E-state index is -3.61. The Hall–Kier alpha value is -2.38. The largest absolute Gasteiger partial charge is 0.487 e. The van der Waals surface area contributed by atoms with Gasteiger partial charge in [-0.15, -0.1) is 0 Å². The second-order valence-electron chi connectivity index (χ2n) is 7.58. The zero-order chi connectivity index (χ0) is 21.2. The number of fused-ring (bicyclic) bond motifs is 1. The van der Waals surface area contributed by atoms with Crippen LogP contribution in [0.3, 0.4) is 0 Å². The van der Waals surface area contributed by atoms with Crippen molar-refractivity contribution in [2.24, 2.45) is 0 Å². The predicted octanol–water partition coefficient (Wildman–Crippen LogP) is 3.75. The van der Waals surface area contributed by atoms with Crippen LogP contribution in [-0.4, -0.2) is 38.3 Å². The molecule has 1 aliphatic heterocycles. The van der Waals surface area contributed by atoms with E-state index in [0.29, 0.717) is 12.0 Å². The fourth-order valence-corrected chi connectivity index (χ4v) is 4.63. The normalized spacial score (nSPS) is 18.0. The van der Waals surface area contributed by atoms with Crippen molar-refractivity contribution in [1.29, 1.82) is 0 Å². The minimum absolute atomic E-state index is 0.0963. The van der Waals surface area contributed by atoms with Crippen LogP contribution in [0.2, 0.25) is 0 Å². The average Bonchev–Trinajstić information content (AvgIpc) is 2.73. The van der Waals surface area contributed by atoms with Crippen molar-refractivity contribution in [1.82, 2.24) is 9.62 Å². The molecule has 0 aromatic heterocycles. The van der Waals surface area contributed by atoms with Gasteiger partial charge in [0.25, 0.3) is 5.91 Å². The third-order valence-corrected chi connectivity index (χ3v) is 7.48. The van der Waals surface area contributed by atoms with Crippen LogP contribution in [0.25, 0.3) is 0 Å². The lowest BCUT2D eigenvalue weighted by molar-refractivity contribution is 0.0227. The first-order valence-corrected chi connectivity index (χ1v) is 11.3. The lowest BCUT2D eigenvalue weighted by atomic mass is 9.83. The third kappa shape index (κ3) is 4.16. The SMILES string of the molecule is CCC1(CC)CC(NC(=O)c2cccc(S(=O)(=O)N(C)C)c2)c2ccccc2O1. The van der Waals surface area contributed by atoms with Gasteiger partial charge in [-0.25, -0.2) is 12.7 Å². The highest BCUT2D eigenvalue weighted by molar-refractivity contribution is 7.89. The maximum absolute atomic E-state index is 13.0. The molecular weight excluding hydrogens is 388 g/mol. The van der Waals surface area contributed by atoms with E-state index in [0.717, 1.165) is 28.5 Å². The molecule has 0 saturated heterocycles. The van der Waals surface area contributed by atoms with Crippen LogP contribution >= 0.6 is 0 Å². The summed E-state index contributed by atoms with van der Waals surface area (Å²) >= 11 is 0. The van der Waals surface area contributed by atoms with Gasteiger partial charge in [-0.05, 0) is 37.1 Å². The van der Waals surface area contributed by atoms with Crippen LogP contribution in [0.1, 0.15) is 55.1 Å². The Labute approximate surface area is 172 Å². The second kappa shape index (κ2) is 8.16. The molecule has 2 aromatic carbocycles. The molecule has 6 nitrogen and oxygen atoms in total. The Morgan fingerprint density at radius 3 is 2.48 bits per heavy atom. The maximum Gasteiger partial charge on any atom is 0.251 e. The van der Waals surface area contributed by atoms with E-state index in [4.69, 9.17) is 4.74 Å². The summed E-state index contributed by atoms with van der Waals surface area (Å²) < 4.78 is 32.2. The zero-order valence-corrected chi connectivity index (χ0v) is 18.1. The molecule has 1 atom stereocenters. The van der Waals surface area contributed by atoms with Gasteiger partial charge in [-0.3, -0.25) is 4.79 Å². The molecule has 0 saturated carbocycles. The highest BCUT2D eigenvalue weighted by Gasteiger charge is 2.39. The van der Waals surface area contributed by atoms with E-state index in [9.17, 15) is 13.2 Å². The number of benzene rings is 2. The van der Waals surface area contributed by atoms with Gasteiger partial charge >= 0.3 is 0 Å². The number of ether oxygens (including phenoxy) is 1. The highest BCUT2D eigenvalue weighted by Crippen LogP contribution is 2.42. The monoisotopic (exact) mass is 416 g/mol. The number of sulfonamides is 1. The number of carbonyl (C=O) groups excluding carboxylic acids is 1. The number of para-hydroxylation sites is 1. The Balaban J connectivity index is 1.91. The van der Waals surface area contributed by atoms with Crippen LogP contribution in [0.5, 0.6) is 5.75 Å². The first-order valence-electron chi connectivity index (χ1n) is 9.84. The zero-order valence-electron chi connectivity index (χ0n) is 17.3. The van der Waals surface area contributed by atoms with Crippen LogP contribution in [0, 0.1) is 0 Å². The topological polar surface area (TPSA) is 75.7 Å². The summed E-state index contributed by atoms with van der Waals surface area (Å²) in [7, 11) is -0.671. The summed E-state index contributed by atoms with van der Waals surface area (Å²) in [6, 6.07) is 13.7. The predicted molar refractivity (Wildman–Crippen MR) is 113 cm³/mol. The van der Waals surface area contributed by atoms with Crippen LogP contribution < -0.4 is 10.1 Å². The maximum atomic E-state index is 13.0. The average molecular weight is 417 g/mol. The molecule has 0 fully saturated rings. The van der Waals surface area contributed by atoms with E-state index in [1.807, 2.05) is 24.3 Å². The van der Waals surface area contributed by atoms with Crippen LogP contribution in [0.15, 0.2) is 53.4 Å². The van der Waals surface area contributed by atoms with Gasteiger partial charge in [-0.2, -0.15) is 0 Å². The first kappa shape index (κ1) is 21.3. The molecule has 1 N–H and O–H groups in total. The van der Waals surface area contributed by atoms with Gasteiger partial charge in [0.15, 0.2) is 0 Å². The summed E-state index contributed by atoms with van der Waals surface area (Å²) in [4.78, 5) is 13.1. The third-order valence-electron chi connectivity index (χ3n) is 5.67. The van der Waals surface area contributed by atoms with Crippen molar-refractivity contribution in [3.63, 3.8) is 0 Å². The van der Waals surface area contributed by atoms with Crippen LogP contribution in [0.4, 0.5) is 0 Å². The van der Waals surface area contributed by atoms with Gasteiger partial charge in [0.05, 0.1) is 10.9 Å². The van der Waals surface area contributed by atoms with Crippen molar-refractivity contribution in [2.45, 2.75) is 49.6 Å². The van der Waals surface area contributed by atoms with E-state index in [1.54, 1.807) is 12.1 Å².